The molecule has 7 nitrogen and oxygen atoms in total. The van der Waals surface area contributed by atoms with Gasteiger partial charge in [-0.25, -0.2) is 10.0 Å². The van der Waals surface area contributed by atoms with Crippen molar-refractivity contribution in [2.75, 3.05) is 94.6 Å². The van der Waals surface area contributed by atoms with Gasteiger partial charge in [-0.2, -0.15) is 5.12 Å². The second-order valence-corrected chi connectivity index (χ2v) is 7.83. The van der Waals surface area contributed by atoms with Crippen molar-refractivity contribution in [2.24, 2.45) is 0 Å². The average Bonchev–Trinajstić information content (AvgIpc) is 2.48. The van der Waals surface area contributed by atoms with Crippen LogP contribution in [0.1, 0.15) is 25.7 Å². The molecule has 25 heavy (non-hydrogen) atoms. The van der Waals surface area contributed by atoms with Gasteiger partial charge in [0, 0.05) is 32.7 Å². The van der Waals surface area contributed by atoms with Crippen molar-refractivity contribution >= 4 is 0 Å². The van der Waals surface area contributed by atoms with E-state index in [4.69, 9.17) is 0 Å². The van der Waals surface area contributed by atoms with Gasteiger partial charge in [0.1, 0.15) is 0 Å². The van der Waals surface area contributed by atoms with Crippen molar-refractivity contribution in [3.63, 3.8) is 0 Å². The van der Waals surface area contributed by atoms with E-state index < -0.39 is 0 Å². The van der Waals surface area contributed by atoms with Gasteiger partial charge in [0.05, 0.1) is 0 Å². The molecule has 0 spiro atoms. The summed E-state index contributed by atoms with van der Waals surface area (Å²) >= 11 is 0. The highest BCUT2D eigenvalue weighted by Crippen LogP contribution is 2.15. The Morgan fingerprint density at radius 2 is 0.960 bits per heavy atom. The Labute approximate surface area is 157 Å². The first-order valence-corrected chi connectivity index (χ1v) is 9.61. The lowest BCUT2D eigenvalue weighted by Gasteiger charge is -2.47. The zero-order valence-corrected chi connectivity index (χ0v) is 17.9. The number of nitrogens with zero attached hydrogens (tertiary/aromatic N) is 6. The van der Waals surface area contributed by atoms with E-state index in [1.165, 1.54) is 65.0 Å². The number of rotatable bonds is 12. The Bertz CT molecular complexity index is 288. The zero-order valence-electron chi connectivity index (χ0n) is 17.9. The van der Waals surface area contributed by atoms with Crippen molar-refractivity contribution in [3.8, 4) is 0 Å². The molecular weight excluding hydrogens is 314 g/mol. The molecule has 1 heterocycles. The average molecular weight is 360 g/mol. The Morgan fingerprint density at radius 1 is 0.600 bits per heavy atom. The highest BCUT2D eigenvalue weighted by molar-refractivity contribution is 4.68. The Morgan fingerprint density at radius 3 is 1.32 bits per heavy atom. The van der Waals surface area contributed by atoms with Crippen LogP contribution in [-0.4, -0.2) is 124 Å². The fourth-order valence-electron chi connectivity index (χ4n) is 3.25. The molecule has 0 unspecified atom stereocenters. The second-order valence-electron chi connectivity index (χ2n) is 7.83. The molecule has 0 aromatic heterocycles. The van der Waals surface area contributed by atoms with Crippen LogP contribution < -0.4 is 6.15 Å². The van der Waals surface area contributed by atoms with Crippen LogP contribution in [0.2, 0.25) is 0 Å². The first-order chi connectivity index (χ1) is 11.4. The molecule has 1 fully saturated rings. The minimum atomic E-state index is 0. The van der Waals surface area contributed by atoms with Crippen LogP contribution in [-0.2, 0) is 0 Å². The number of hydrogen-bond donors (Lipinski definition) is 1. The molecule has 1 rings (SSSR count). The molecule has 152 valence electrons. The summed E-state index contributed by atoms with van der Waals surface area (Å²) in [5.74, 6) is 0. The predicted octanol–water partition coefficient (Wildman–Crippen LogP) is 1.14. The third-order valence-electron chi connectivity index (χ3n) is 4.49. The molecule has 0 amide bonds. The van der Waals surface area contributed by atoms with E-state index in [1.54, 1.807) is 0 Å². The molecule has 1 aliphatic heterocycles. The first kappa shape index (κ1) is 24.7. The summed E-state index contributed by atoms with van der Waals surface area (Å²) in [6.45, 7) is 9.40. The molecule has 0 radical (unpaired) electrons. The van der Waals surface area contributed by atoms with Crippen LogP contribution in [0.3, 0.4) is 0 Å². The monoisotopic (exact) mass is 359 g/mol. The number of hydrazine groups is 2. The fourth-order valence-corrected chi connectivity index (χ4v) is 3.25. The van der Waals surface area contributed by atoms with E-state index in [0.717, 1.165) is 13.1 Å². The van der Waals surface area contributed by atoms with Gasteiger partial charge >= 0.3 is 0 Å². The number of hydrogen-bond acceptors (Lipinski definition) is 7. The molecule has 0 aromatic rings. The van der Waals surface area contributed by atoms with E-state index in [2.05, 4.69) is 72.1 Å². The van der Waals surface area contributed by atoms with Crippen LogP contribution >= 0.6 is 0 Å². The third-order valence-corrected chi connectivity index (χ3v) is 4.49. The van der Waals surface area contributed by atoms with Gasteiger partial charge < -0.3 is 20.9 Å². The topological polar surface area (TPSA) is 54.4 Å². The summed E-state index contributed by atoms with van der Waals surface area (Å²) in [6.07, 6.45) is 4.99. The lowest BCUT2D eigenvalue weighted by atomic mass is 10.3. The van der Waals surface area contributed by atoms with Crippen molar-refractivity contribution in [2.45, 2.75) is 25.7 Å². The standard InChI is InChI=1S/C18H42N6.H3N/c1-19(2)11-7-14-22-16-10-17-23(15-8-12-20(3)4)24(22)18-9-13-21(5)6;/h7-18H2,1-6H3;1H3. The summed E-state index contributed by atoms with van der Waals surface area (Å²) in [5.41, 5.74) is 0. The molecule has 7 heteroatoms. The lowest BCUT2D eigenvalue weighted by molar-refractivity contribution is -0.212. The predicted molar refractivity (Wildman–Crippen MR) is 109 cm³/mol. The Kier molecular flexibility index (Phi) is 13.7. The molecule has 1 aliphatic rings. The SMILES string of the molecule is CN(C)CCCN1CCCN(CCCN(C)C)N1CCCN(C)C.N. The van der Waals surface area contributed by atoms with Crippen molar-refractivity contribution in [3.05, 3.63) is 0 Å². The zero-order chi connectivity index (χ0) is 17.9. The smallest absolute Gasteiger partial charge is 0.0305 e. The van der Waals surface area contributed by atoms with E-state index in [-0.39, 0.29) is 6.15 Å². The maximum absolute atomic E-state index is 2.60. The third kappa shape index (κ3) is 11.1. The summed E-state index contributed by atoms with van der Waals surface area (Å²) in [6, 6.07) is 0. The molecule has 0 aliphatic carbocycles. The van der Waals surface area contributed by atoms with Crippen LogP contribution in [0.5, 0.6) is 0 Å². The summed E-state index contributed by atoms with van der Waals surface area (Å²) in [4.78, 5) is 6.86. The normalized spacial score (nSPS) is 17.6. The minimum Gasteiger partial charge on any atom is -0.344 e. The molecule has 0 bridgehead atoms. The van der Waals surface area contributed by atoms with Crippen molar-refractivity contribution < 1.29 is 0 Å². The quantitative estimate of drug-likeness (QED) is 0.561. The van der Waals surface area contributed by atoms with E-state index in [0.29, 0.717) is 0 Å². The van der Waals surface area contributed by atoms with Gasteiger partial charge in [-0.15, -0.1) is 0 Å². The van der Waals surface area contributed by atoms with Crippen molar-refractivity contribution in [1.82, 2.24) is 36.0 Å². The Balaban J connectivity index is 0.00000576. The molecule has 3 N–H and O–H groups in total. The summed E-state index contributed by atoms with van der Waals surface area (Å²) < 4.78 is 0. The first-order valence-electron chi connectivity index (χ1n) is 9.61. The molecule has 0 atom stereocenters. The van der Waals surface area contributed by atoms with Gasteiger partial charge in [0.25, 0.3) is 0 Å². The largest absolute Gasteiger partial charge is 0.344 e. The van der Waals surface area contributed by atoms with Crippen LogP contribution in [0.25, 0.3) is 0 Å². The van der Waals surface area contributed by atoms with Crippen LogP contribution in [0.4, 0.5) is 0 Å². The summed E-state index contributed by atoms with van der Waals surface area (Å²) in [7, 11) is 13.0. The summed E-state index contributed by atoms with van der Waals surface area (Å²) in [5, 5.41) is 7.76. The van der Waals surface area contributed by atoms with Crippen molar-refractivity contribution in [1.29, 1.82) is 0 Å². The molecule has 0 saturated carbocycles. The van der Waals surface area contributed by atoms with Gasteiger partial charge in [-0.05, 0) is 87.6 Å². The Hall–Kier alpha value is -0.280. The van der Waals surface area contributed by atoms with Crippen LogP contribution in [0, 0.1) is 0 Å². The van der Waals surface area contributed by atoms with Gasteiger partial charge in [-0.3, -0.25) is 0 Å². The lowest BCUT2D eigenvalue weighted by Crippen LogP contribution is -2.59. The van der Waals surface area contributed by atoms with Crippen LogP contribution in [0.15, 0.2) is 0 Å². The van der Waals surface area contributed by atoms with Gasteiger partial charge in [0.15, 0.2) is 0 Å². The second kappa shape index (κ2) is 13.9. The highest BCUT2D eigenvalue weighted by Gasteiger charge is 2.25. The van der Waals surface area contributed by atoms with E-state index in [1.807, 2.05) is 0 Å². The molecular formula is C18H45N7. The molecule has 1 saturated heterocycles. The molecule has 0 aromatic carbocycles. The van der Waals surface area contributed by atoms with Gasteiger partial charge in [-0.1, -0.05) is 0 Å². The maximum Gasteiger partial charge on any atom is 0.0305 e. The highest BCUT2D eigenvalue weighted by atomic mass is 15.9. The maximum atomic E-state index is 2.60. The van der Waals surface area contributed by atoms with E-state index >= 15 is 0 Å². The van der Waals surface area contributed by atoms with Gasteiger partial charge in [0.2, 0.25) is 0 Å². The minimum absolute atomic E-state index is 0. The fraction of sp³-hybridized carbons (Fsp3) is 1.00. The van der Waals surface area contributed by atoms with E-state index in [9.17, 15) is 0 Å².